The molecular formula is C14H18N2. The van der Waals surface area contributed by atoms with Gasteiger partial charge in [0.15, 0.2) is 0 Å². The first-order valence-electron chi connectivity index (χ1n) is 5.92. The third-order valence-corrected chi connectivity index (χ3v) is 3.17. The van der Waals surface area contributed by atoms with Crippen molar-refractivity contribution in [3.05, 3.63) is 35.9 Å². The van der Waals surface area contributed by atoms with Crippen LogP contribution in [0.2, 0.25) is 0 Å². The molecule has 16 heavy (non-hydrogen) atoms. The maximum Gasteiger partial charge on any atom is 0.104 e. The number of hydrogen-bond donors (Lipinski definition) is 1. The minimum Gasteiger partial charge on any atom is -0.295 e. The van der Waals surface area contributed by atoms with Crippen LogP contribution in [0, 0.1) is 17.2 Å². The molecule has 2 heteroatoms. The zero-order chi connectivity index (χ0) is 11.4. The van der Waals surface area contributed by atoms with Crippen LogP contribution >= 0.6 is 0 Å². The molecule has 1 atom stereocenters. The summed E-state index contributed by atoms with van der Waals surface area (Å²) in [5.74, 6) is 0.771. The van der Waals surface area contributed by atoms with Gasteiger partial charge in [-0.15, -0.1) is 0 Å². The Morgan fingerprint density at radius 1 is 1.38 bits per heavy atom. The Morgan fingerprint density at radius 2 is 2.06 bits per heavy atom. The SMILES string of the molecule is CC(C#N)(CC1CC1)NCc1ccccc1. The lowest BCUT2D eigenvalue weighted by Crippen LogP contribution is -2.40. The summed E-state index contributed by atoms with van der Waals surface area (Å²) in [6, 6.07) is 12.6. The largest absolute Gasteiger partial charge is 0.295 e. The van der Waals surface area contributed by atoms with Crippen molar-refractivity contribution in [2.45, 2.75) is 38.3 Å². The molecule has 84 valence electrons. The number of nitrogens with one attached hydrogen (secondary N) is 1. The van der Waals surface area contributed by atoms with Gasteiger partial charge in [-0.2, -0.15) is 5.26 Å². The van der Waals surface area contributed by atoms with Crippen LogP contribution in [0.5, 0.6) is 0 Å². The number of nitrogens with zero attached hydrogens (tertiary/aromatic N) is 1. The molecule has 1 unspecified atom stereocenters. The Balaban J connectivity index is 1.89. The van der Waals surface area contributed by atoms with E-state index in [-0.39, 0.29) is 5.54 Å². The van der Waals surface area contributed by atoms with Crippen LogP contribution in [0.15, 0.2) is 30.3 Å². The number of nitriles is 1. The molecule has 0 heterocycles. The highest BCUT2D eigenvalue weighted by Gasteiger charge is 2.32. The van der Waals surface area contributed by atoms with Crippen molar-refractivity contribution in [1.82, 2.24) is 5.32 Å². The van der Waals surface area contributed by atoms with Gasteiger partial charge in [-0.25, -0.2) is 0 Å². The van der Waals surface area contributed by atoms with Crippen LogP contribution in [-0.2, 0) is 6.54 Å². The van der Waals surface area contributed by atoms with Gasteiger partial charge in [-0.05, 0) is 24.8 Å². The van der Waals surface area contributed by atoms with E-state index in [0.29, 0.717) is 0 Å². The van der Waals surface area contributed by atoms with Gasteiger partial charge < -0.3 is 0 Å². The smallest absolute Gasteiger partial charge is 0.104 e. The summed E-state index contributed by atoms with van der Waals surface area (Å²) < 4.78 is 0. The molecule has 2 rings (SSSR count). The van der Waals surface area contributed by atoms with Crippen LogP contribution in [0.1, 0.15) is 31.7 Å². The van der Waals surface area contributed by atoms with Gasteiger partial charge in [0.1, 0.15) is 5.54 Å². The standard InChI is InChI=1S/C14H18N2/c1-14(11-15,9-12-7-8-12)16-10-13-5-3-2-4-6-13/h2-6,12,16H,7-10H2,1H3. The number of hydrogen-bond acceptors (Lipinski definition) is 2. The Hall–Kier alpha value is -1.33. The fourth-order valence-corrected chi connectivity index (χ4v) is 1.95. The molecule has 1 saturated carbocycles. The van der Waals surface area contributed by atoms with Gasteiger partial charge >= 0.3 is 0 Å². The summed E-state index contributed by atoms with van der Waals surface area (Å²) in [6.45, 7) is 2.78. The highest BCUT2D eigenvalue weighted by atomic mass is 15.0. The van der Waals surface area contributed by atoms with Gasteiger partial charge in [0.05, 0.1) is 6.07 Å². The van der Waals surface area contributed by atoms with Crippen LogP contribution < -0.4 is 5.32 Å². The summed E-state index contributed by atoms with van der Waals surface area (Å²) in [4.78, 5) is 0. The number of benzene rings is 1. The predicted octanol–water partition coefficient (Wildman–Crippen LogP) is 2.86. The molecule has 0 amide bonds. The second kappa shape index (κ2) is 4.67. The first kappa shape index (κ1) is 11.2. The Labute approximate surface area is 97.3 Å². The van der Waals surface area contributed by atoms with Crippen LogP contribution in [0.4, 0.5) is 0 Å². The van der Waals surface area contributed by atoms with E-state index < -0.39 is 0 Å². The minimum atomic E-state index is -0.364. The first-order chi connectivity index (χ1) is 7.72. The predicted molar refractivity (Wildman–Crippen MR) is 64.6 cm³/mol. The van der Waals surface area contributed by atoms with E-state index in [1.807, 2.05) is 25.1 Å². The van der Waals surface area contributed by atoms with Gasteiger partial charge in [-0.1, -0.05) is 43.2 Å². The van der Waals surface area contributed by atoms with Gasteiger partial charge in [0.2, 0.25) is 0 Å². The van der Waals surface area contributed by atoms with Gasteiger partial charge in [0, 0.05) is 6.54 Å². The van der Waals surface area contributed by atoms with Crippen molar-refractivity contribution in [2.75, 3.05) is 0 Å². The Morgan fingerprint density at radius 3 is 2.62 bits per heavy atom. The molecule has 0 radical (unpaired) electrons. The molecule has 1 N–H and O–H groups in total. The fraction of sp³-hybridized carbons (Fsp3) is 0.500. The molecule has 1 aromatic carbocycles. The van der Waals surface area contributed by atoms with E-state index >= 15 is 0 Å². The third kappa shape index (κ3) is 3.08. The van der Waals surface area contributed by atoms with E-state index in [4.69, 9.17) is 0 Å². The van der Waals surface area contributed by atoms with Crippen molar-refractivity contribution in [3.8, 4) is 6.07 Å². The normalized spacial score (nSPS) is 18.8. The van der Waals surface area contributed by atoms with E-state index in [9.17, 15) is 5.26 Å². The molecule has 1 aliphatic carbocycles. The maximum absolute atomic E-state index is 9.23. The molecule has 1 aromatic rings. The zero-order valence-corrected chi connectivity index (χ0v) is 9.74. The average molecular weight is 214 g/mol. The van der Waals surface area contributed by atoms with E-state index in [1.54, 1.807) is 0 Å². The molecule has 0 saturated heterocycles. The Bertz CT molecular complexity index is 375. The summed E-state index contributed by atoms with van der Waals surface area (Å²) in [5.41, 5.74) is 0.872. The van der Waals surface area contributed by atoms with Crippen molar-refractivity contribution in [3.63, 3.8) is 0 Å². The van der Waals surface area contributed by atoms with E-state index in [0.717, 1.165) is 18.9 Å². The molecular weight excluding hydrogens is 196 g/mol. The van der Waals surface area contributed by atoms with Crippen molar-refractivity contribution in [2.24, 2.45) is 5.92 Å². The van der Waals surface area contributed by atoms with Crippen LogP contribution in [0.3, 0.4) is 0 Å². The van der Waals surface area contributed by atoms with Gasteiger partial charge in [0.25, 0.3) is 0 Å². The lowest BCUT2D eigenvalue weighted by atomic mass is 9.96. The second-order valence-corrected chi connectivity index (χ2v) is 4.93. The fourth-order valence-electron chi connectivity index (χ4n) is 1.95. The molecule has 1 aliphatic rings. The summed E-state index contributed by atoms with van der Waals surface area (Å²) in [7, 11) is 0. The van der Waals surface area contributed by atoms with E-state index in [2.05, 4.69) is 23.5 Å². The summed E-state index contributed by atoms with van der Waals surface area (Å²) >= 11 is 0. The van der Waals surface area contributed by atoms with Crippen molar-refractivity contribution in [1.29, 1.82) is 5.26 Å². The highest BCUT2D eigenvalue weighted by Crippen LogP contribution is 2.36. The summed E-state index contributed by atoms with van der Waals surface area (Å²) in [5, 5.41) is 12.6. The molecule has 0 aliphatic heterocycles. The average Bonchev–Trinajstić information content (AvgIpc) is 3.12. The minimum absolute atomic E-state index is 0.364. The molecule has 0 aromatic heterocycles. The highest BCUT2D eigenvalue weighted by molar-refractivity contribution is 5.16. The van der Waals surface area contributed by atoms with Crippen molar-refractivity contribution >= 4 is 0 Å². The maximum atomic E-state index is 9.23. The van der Waals surface area contributed by atoms with Crippen LogP contribution in [0.25, 0.3) is 0 Å². The lowest BCUT2D eigenvalue weighted by molar-refractivity contribution is 0.395. The summed E-state index contributed by atoms with van der Waals surface area (Å²) in [6.07, 6.45) is 3.57. The Kier molecular flexibility index (Phi) is 3.26. The lowest BCUT2D eigenvalue weighted by Gasteiger charge is -2.23. The monoisotopic (exact) mass is 214 g/mol. The van der Waals surface area contributed by atoms with Crippen molar-refractivity contribution < 1.29 is 0 Å². The molecule has 0 bridgehead atoms. The first-order valence-corrected chi connectivity index (χ1v) is 5.92. The molecule has 0 spiro atoms. The molecule has 1 fully saturated rings. The molecule has 2 nitrogen and oxygen atoms in total. The van der Waals surface area contributed by atoms with E-state index in [1.165, 1.54) is 18.4 Å². The number of rotatable bonds is 5. The second-order valence-electron chi connectivity index (χ2n) is 4.93. The zero-order valence-electron chi connectivity index (χ0n) is 9.74. The van der Waals surface area contributed by atoms with Crippen LogP contribution in [-0.4, -0.2) is 5.54 Å². The quantitative estimate of drug-likeness (QED) is 0.818. The van der Waals surface area contributed by atoms with Gasteiger partial charge in [-0.3, -0.25) is 5.32 Å². The third-order valence-electron chi connectivity index (χ3n) is 3.17. The topological polar surface area (TPSA) is 35.8 Å².